The van der Waals surface area contributed by atoms with Crippen LogP contribution in [0.4, 0.5) is 0 Å². The minimum Gasteiger partial charge on any atom is -0.393 e. The van der Waals surface area contributed by atoms with Crippen molar-refractivity contribution in [3.05, 3.63) is 35.5 Å². The van der Waals surface area contributed by atoms with Crippen LogP contribution in [-0.2, 0) is 0 Å². The van der Waals surface area contributed by atoms with Crippen molar-refractivity contribution in [1.29, 1.82) is 0 Å². The van der Waals surface area contributed by atoms with Gasteiger partial charge in [0.15, 0.2) is 0 Å². The van der Waals surface area contributed by atoms with Crippen LogP contribution in [0.15, 0.2) is 35.5 Å². The van der Waals surface area contributed by atoms with Gasteiger partial charge in [0.1, 0.15) is 0 Å². The summed E-state index contributed by atoms with van der Waals surface area (Å²) in [5.74, 6) is 2.16. The molecule has 0 heterocycles. The molecule has 0 spiro atoms. The van der Waals surface area contributed by atoms with Gasteiger partial charge in [0, 0.05) is 3.92 Å². The molecule has 0 saturated heterocycles. The predicted octanol–water partition coefficient (Wildman–Crippen LogP) is 7.15. The zero-order valence-electron chi connectivity index (χ0n) is 19.6. The van der Waals surface area contributed by atoms with Crippen LogP contribution in [0.25, 0.3) is 0 Å². The van der Waals surface area contributed by atoms with E-state index in [1.807, 2.05) is 13.8 Å². The zero-order chi connectivity index (χ0) is 22.1. The lowest BCUT2D eigenvalue weighted by molar-refractivity contribution is 0.0622. The summed E-state index contributed by atoms with van der Waals surface area (Å²) in [6.07, 6.45) is 15.6. The van der Waals surface area contributed by atoms with Gasteiger partial charge in [0.25, 0.3) is 0 Å². The Kier molecular flexibility index (Phi) is 8.00. The highest BCUT2D eigenvalue weighted by Crippen LogP contribution is 2.60. The highest BCUT2D eigenvalue weighted by Gasteiger charge is 2.51. The number of fused-ring (bicyclic) bond motifs is 1. The standard InChI is InChI=1S/C27H43IO2/c1-18-8-11-22(29)17-21(18)10-9-20-7-6-15-27(5)23(12-13-24(20)27)19(2)25(28)14-16-26(3,4)30/h9-10,19,22-25,29-30H,1,6-8,11-17H2,2-5H3/b20-9?,21-10-/t19-,22-,23+,24?,25+,27+/m0/s1. The van der Waals surface area contributed by atoms with Crippen LogP contribution in [-0.4, -0.2) is 25.8 Å². The van der Waals surface area contributed by atoms with Crippen LogP contribution < -0.4 is 0 Å². The second kappa shape index (κ2) is 9.79. The number of rotatable bonds is 6. The lowest BCUT2D eigenvalue weighted by Gasteiger charge is -2.45. The Hall–Kier alpha value is -0.130. The van der Waals surface area contributed by atoms with Crippen molar-refractivity contribution in [2.45, 2.75) is 108 Å². The zero-order valence-corrected chi connectivity index (χ0v) is 21.7. The van der Waals surface area contributed by atoms with E-state index in [9.17, 15) is 10.2 Å². The molecular formula is C27H43IO2. The molecule has 3 saturated carbocycles. The molecule has 0 amide bonds. The summed E-state index contributed by atoms with van der Waals surface area (Å²) in [5.41, 5.74) is 3.96. The van der Waals surface area contributed by atoms with E-state index in [0.717, 1.165) is 38.0 Å². The van der Waals surface area contributed by atoms with E-state index in [4.69, 9.17) is 0 Å². The molecule has 3 fully saturated rings. The summed E-state index contributed by atoms with van der Waals surface area (Å²) in [7, 11) is 0. The van der Waals surface area contributed by atoms with Gasteiger partial charge in [-0.2, -0.15) is 0 Å². The summed E-state index contributed by atoms with van der Waals surface area (Å²) >= 11 is 2.65. The van der Waals surface area contributed by atoms with Crippen molar-refractivity contribution < 1.29 is 10.2 Å². The highest BCUT2D eigenvalue weighted by atomic mass is 127. The molecule has 1 unspecified atom stereocenters. The molecule has 3 heteroatoms. The molecule has 2 N–H and O–H groups in total. The predicted molar refractivity (Wildman–Crippen MR) is 136 cm³/mol. The first-order chi connectivity index (χ1) is 14.0. The Bertz CT molecular complexity index is 685. The third-order valence-electron chi connectivity index (χ3n) is 8.46. The van der Waals surface area contributed by atoms with Crippen LogP contribution in [0.3, 0.4) is 0 Å². The smallest absolute Gasteiger partial charge is 0.0592 e. The van der Waals surface area contributed by atoms with Gasteiger partial charge in [0.05, 0.1) is 11.7 Å². The molecule has 170 valence electrons. The normalized spacial score (nSPS) is 37.4. The maximum atomic E-state index is 10.1. The maximum Gasteiger partial charge on any atom is 0.0592 e. The number of aliphatic hydroxyl groups excluding tert-OH is 1. The van der Waals surface area contributed by atoms with Crippen molar-refractivity contribution in [1.82, 2.24) is 0 Å². The molecule has 0 aromatic rings. The quantitative estimate of drug-likeness (QED) is 0.285. The first kappa shape index (κ1) is 24.5. The second-order valence-corrected chi connectivity index (χ2v) is 12.9. The molecule has 3 rings (SSSR count). The Balaban J connectivity index is 1.72. The molecule has 6 atom stereocenters. The van der Waals surface area contributed by atoms with E-state index in [1.54, 1.807) is 5.57 Å². The molecule has 3 aliphatic rings. The fraction of sp³-hybridized carbons (Fsp3) is 0.778. The summed E-state index contributed by atoms with van der Waals surface area (Å²) in [4.78, 5) is 0. The van der Waals surface area contributed by atoms with Gasteiger partial charge in [-0.25, -0.2) is 0 Å². The number of allylic oxidation sites excluding steroid dienone is 4. The summed E-state index contributed by atoms with van der Waals surface area (Å²) in [5, 5.41) is 20.2. The lowest BCUT2D eigenvalue weighted by Crippen LogP contribution is -2.38. The fourth-order valence-electron chi connectivity index (χ4n) is 6.54. The average Bonchev–Trinajstić information content (AvgIpc) is 3.03. The summed E-state index contributed by atoms with van der Waals surface area (Å²) in [6.45, 7) is 13.1. The van der Waals surface area contributed by atoms with E-state index in [1.165, 1.54) is 43.3 Å². The number of halogens is 1. The van der Waals surface area contributed by atoms with E-state index in [0.29, 0.717) is 21.2 Å². The summed E-state index contributed by atoms with van der Waals surface area (Å²) in [6, 6.07) is 0. The van der Waals surface area contributed by atoms with E-state index >= 15 is 0 Å². The minimum absolute atomic E-state index is 0.196. The lowest BCUT2D eigenvalue weighted by atomic mass is 9.60. The number of alkyl halides is 1. The van der Waals surface area contributed by atoms with Gasteiger partial charge in [-0.05, 0) is 107 Å². The van der Waals surface area contributed by atoms with Crippen molar-refractivity contribution in [3.8, 4) is 0 Å². The van der Waals surface area contributed by atoms with Gasteiger partial charge in [-0.15, -0.1) is 0 Å². The largest absolute Gasteiger partial charge is 0.393 e. The fourth-order valence-corrected chi connectivity index (χ4v) is 7.36. The third-order valence-corrected chi connectivity index (χ3v) is 10.2. The average molecular weight is 527 g/mol. The molecule has 0 aromatic carbocycles. The van der Waals surface area contributed by atoms with E-state index in [-0.39, 0.29) is 6.10 Å². The van der Waals surface area contributed by atoms with Crippen LogP contribution in [0.1, 0.15) is 91.9 Å². The second-order valence-electron chi connectivity index (χ2n) is 11.3. The highest BCUT2D eigenvalue weighted by molar-refractivity contribution is 14.1. The van der Waals surface area contributed by atoms with Crippen LogP contribution in [0.5, 0.6) is 0 Å². The first-order valence-corrected chi connectivity index (χ1v) is 13.4. The van der Waals surface area contributed by atoms with Crippen molar-refractivity contribution in [2.75, 3.05) is 0 Å². The first-order valence-electron chi connectivity index (χ1n) is 12.1. The molecule has 30 heavy (non-hydrogen) atoms. The van der Waals surface area contributed by atoms with Gasteiger partial charge in [-0.3, -0.25) is 0 Å². The minimum atomic E-state index is -0.559. The van der Waals surface area contributed by atoms with Crippen LogP contribution >= 0.6 is 22.6 Å². The Morgan fingerprint density at radius 1 is 1.23 bits per heavy atom. The van der Waals surface area contributed by atoms with Crippen molar-refractivity contribution in [2.24, 2.45) is 23.2 Å². The third kappa shape index (κ3) is 5.61. The van der Waals surface area contributed by atoms with Crippen molar-refractivity contribution >= 4 is 22.6 Å². The molecule has 3 aliphatic carbocycles. The molecule has 2 nitrogen and oxygen atoms in total. The van der Waals surface area contributed by atoms with Gasteiger partial charge >= 0.3 is 0 Å². The van der Waals surface area contributed by atoms with Gasteiger partial charge < -0.3 is 10.2 Å². The molecular weight excluding hydrogens is 483 g/mol. The van der Waals surface area contributed by atoms with E-state index in [2.05, 4.69) is 55.2 Å². The topological polar surface area (TPSA) is 40.5 Å². The number of hydrogen-bond donors (Lipinski definition) is 2. The molecule has 0 radical (unpaired) electrons. The maximum absolute atomic E-state index is 10.1. The monoisotopic (exact) mass is 526 g/mol. The molecule has 0 aliphatic heterocycles. The number of hydrogen-bond acceptors (Lipinski definition) is 2. The van der Waals surface area contributed by atoms with Crippen LogP contribution in [0.2, 0.25) is 0 Å². The van der Waals surface area contributed by atoms with Crippen LogP contribution in [0, 0.1) is 23.2 Å². The SMILES string of the molecule is C=C1CC[C@H](O)C/C1=C/C=C1CCC[C@@]2(C)C1CC[C@@H]2[C@H](C)[C@H](I)CCC(C)(C)O. The van der Waals surface area contributed by atoms with Gasteiger partial charge in [-0.1, -0.05) is 66.3 Å². The van der Waals surface area contributed by atoms with Gasteiger partial charge in [0.2, 0.25) is 0 Å². The van der Waals surface area contributed by atoms with E-state index < -0.39 is 5.60 Å². The summed E-state index contributed by atoms with van der Waals surface area (Å²) < 4.78 is 0.623. The Morgan fingerprint density at radius 3 is 2.67 bits per heavy atom. The molecule has 0 aromatic heterocycles. The molecule has 0 bridgehead atoms. The number of aliphatic hydroxyl groups is 2. The Labute approximate surface area is 198 Å². The van der Waals surface area contributed by atoms with Crippen molar-refractivity contribution in [3.63, 3.8) is 0 Å². The Morgan fingerprint density at radius 2 is 1.97 bits per heavy atom.